The fraction of sp³-hybridized carbons (Fsp3) is 0.190. The SMILES string of the molecule is CC1N=CSC1C(=O)N(Cc1c(F)c(=O)[nH]c2c(F)c(F)ccc12)c1cccc(Cl)c1. The lowest BCUT2D eigenvalue weighted by molar-refractivity contribution is -0.118. The lowest BCUT2D eigenvalue weighted by Crippen LogP contribution is -2.41. The van der Waals surface area contributed by atoms with Gasteiger partial charge in [-0.25, -0.2) is 13.2 Å². The molecule has 2 unspecified atom stereocenters. The summed E-state index contributed by atoms with van der Waals surface area (Å²) in [4.78, 5) is 32.9. The number of rotatable bonds is 4. The third kappa shape index (κ3) is 3.95. The summed E-state index contributed by atoms with van der Waals surface area (Å²) in [6.45, 7) is 1.39. The van der Waals surface area contributed by atoms with Gasteiger partial charge in [-0.3, -0.25) is 14.6 Å². The molecule has 2 atom stereocenters. The number of H-pyrrole nitrogens is 1. The van der Waals surface area contributed by atoms with Gasteiger partial charge in [-0.2, -0.15) is 0 Å². The van der Waals surface area contributed by atoms with E-state index in [0.717, 1.165) is 6.07 Å². The number of anilines is 1. The standard InChI is InChI=1S/C21H15ClF3N3O2S/c1-10-19(31-9-26-10)21(30)28(12-4-2-3-11(22)7-12)8-14-13-5-6-15(23)17(25)18(13)27-20(29)16(14)24/h2-7,9-10,19H,8H2,1H3,(H,27,29). The Kier molecular flexibility index (Phi) is 5.81. The molecule has 1 aromatic heterocycles. The molecule has 0 aliphatic carbocycles. The molecule has 2 heterocycles. The summed E-state index contributed by atoms with van der Waals surface area (Å²) >= 11 is 7.31. The number of aliphatic imine (C=N–C) groups is 1. The van der Waals surface area contributed by atoms with Gasteiger partial charge < -0.3 is 9.88 Å². The second kappa shape index (κ2) is 8.39. The highest BCUT2D eigenvalue weighted by Gasteiger charge is 2.34. The number of aromatic nitrogens is 1. The third-order valence-electron chi connectivity index (χ3n) is 5.01. The molecule has 1 amide bonds. The predicted molar refractivity (Wildman–Crippen MR) is 116 cm³/mol. The summed E-state index contributed by atoms with van der Waals surface area (Å²) in [6, 6.07) is 8.07. The van der Waals surface area contributed by atoms with Crippen LogP contribution in [0, 0.1) is 17.5 Å². The average molecular weight is 466 g/mol. The zero-order valence-electron chi connectivity index (χ0n) is 16.0. The van der Waals surface area contributed by atoms with Crippen molar-refractivity contribution < 1.29 is 18.0 Å². The molecule has 1 aliphatic heterocycles. The van der Waals surface area contributed by atoms with Crippen molar-refractivity contribution in [2.75, 3.05) is 4.90 Å². The Morgan fingerprint density at radius 3 is 2.68 bits per heavy atom. The van der Waals surface area contributed by atoms with Gasteiger partial charge >= 0.3 is 0 Å². The van der Waals surface area contributed by atoms with E-state index in [9.17, 15) is 22.8 Å². The van der Waals surface area contributed by atoms with E-state index in [4.69, 9.17) is 11.6 Å². The Morgan fingerprint density at radius 2 is 2.00 bits per heavy atom. The number of thioether (sulfide) groups is 1. The number of pyridine rings is 1. The van der Waals surface area contributed by atoms with Crippen LogP contribution in [0.15, 0.2) is 46.2 Å². The zero-order valence-corrected chi connectivity index (χ0v) is 17.6. The first-order valence-corrected chi connectivity index (χ1v) is 10.5. The zero-order chi connectivity index (χ0) is 22.3. The summed E-state index contributed by atoms with van der Waals surface area (Å²) in [5.41, 5.74) is 0.0320. The van der Waals surface area contributed by atoms with Crippen LogP contribution in [0.3, 0.4) is 0 Å². The van der Waals surface area contributed by atoms with Crippen molar-refractivity contribution in [2.45, 2.75) is 24.8 Å². The van der Waals surface area contributed by atoms with Gasteiger partial charge in [-0.15, -0.1) is 0 Å². The molecule has 1 N–H and O–H groups in total. The second-order valence-corrected chi connectivity index (χ2v) is 8.41. The highest BCUT2D eigenvalue weighted by molar-refractivity contribution is 8.13. The van der Waals surface area contributed by atoms with Crippen LogP contribution in [0.4, 0.5) is 18.9 Å². The number of hydrogen-bond acceptors (Lipinski definition) is 4. The van der Waals surface area contributed by atoms with Crippen LogP contribution < -0.4 is 10.5 Å². The van der Waals surface area contributed by atoms with Crippen molar-refractivity contribution in [1.29, 1.82) is 0 Å². The Balaban J connectivity index is 1.87. The van der Waals surface area contributed by atoms with Crippen molar-refractivity contribution in [3.05, 3.63) is 74.8 Å². The van der Waals surface area contributed by atoms with E-state index >= 15 is 0 Å². The molecule has 0 spiro atoms. The van der Waals surface area contributed by atoms with Crippen LogP contribution in [0.1, 0.15) is 12.5 Å². The van der Waals surface area contributed by atoms with E-state index in [-0.39, 0.29) is 29.4 Å². The number of halogens is 4. The first kappa shape index (κ1) is 21.5. The Morgan fingerprint density at radius 1 is 1.23 bits per heavy atom. The molecule has 10 heteroatoms. The van der Waals surface area contributed by atoms with Crippen molar-refractivity contribution in [3.8, 4) is 0 Å². The third-order valence-corrected chi connectivity index (χ3v) is 6.38. The Hall–Kier alpha value is -2.78. The number of carbonyl (C=O) groups is 1. The minimum Gasteiger partial charge on any atom is -0.317 e. The van der Waals surface area contributed by atoms with Gasteiger partial charge in [0, 0.05) is 21.7 Å². The van der Waals surface area contributed by atoms with Gasteiger partial charge in [0.2, 0.25) is 5.91 Å². The van der Waals surface area contributed by atoms with Crippen molar-refractivity contribution >= 4 is 51.4 Å². The maximum Gasteiger partial charge on any atom is 0.284 e. The largest absolute Gasteiger partial charge is 0.317 e. The van der Waals surface area contributed by atoms with E-state index < -0.39 is 33.8 Å². The van der Waals surface area contributed by atoms with Crippen LogP contribution in [0.5, 0.6) is 0 Å². The Bertz CT molecular complexity index is 1280. The molecule has 0 saturated carbocycles. The van der Waals surface area contributed by atoms with Crippen LogP contribution in [0.25, 0.3) is 10.9 Å². The number of hydrogen-bond donors (Lipinski definition) is 1. The van der Waals surface area contributed by atoms with Gasteiger partial charge in [0.25, 0.3) is 5.56 Å². The maximum atomic E-state index is 14.9. The lowest BCUT2D eigenvalue weighted by atomic mass is 10.1. The summed E-state index contributed by atoms with van der Waals surface area (Å²) in [5.74, 6) is -4.05. The molecule has 160 valence electrons. The van der Waals surface area contributed by atoms with E-state index in [1.165, 1.54) is 28.8 Å². The minimum absolute atomic E-state index is 0.0424. The first-order chi connectivity index (χ1) is 14.8. The molecular weight excluding hydrogens is 451 g/mol. The molecule has 5 nitrogen and oxygen atoms in total. The number of aromatic amines is 1. The van der Waals surface area contributed by atoms with E-state index in [1.807, 2.05) is 4.98 Å². The van der Waals surface area contributed by atoms with Crippen molar-refractivity contribution in [1.82, 2.24) is 4.98 Å². The van der Waals surface area contributed by atoms with Gasteiger partial charge in [-0.05, 0) is 37.3 Å². The number of benzene rings is 2. The quantitative estimate of drug-likeness (QED) is 0.609. The smallest absolute Gasteiger partial charge is 0.284 e. The molecule has 31 heavy (non-hydrogen) atoms. The summed E-state index contributed by atoms with van der Waals surface area (Å²) in [6.07, 6.45) is 0. The maximum absolute atomic E-state index is 14.9. The van der Waals surface area contributed by atoms with E-state index in [2.05, 4.69) is 4.99 Å². The van der Waals surface area contributed by atoms with Crippen LogP contribution in [0.2, 0.25) is 5.02 Å². The highest BCUT2D eigenvalue weighted by Crippen LogP contribution is 2.31. The first-order valence-electron chi connectivity index (χ1n) is 9.20. The molecule has 0 radical (unpaired) electrons. The molecule has 4 rings (SSSR count). The predicted octanol–water partition coefficient (Wildman–Crippen LogP) is 4.66. The fourth-order valence-corrected chi connectivity index (χ4v) is 4.53. The topological polar surface area (TPSA) is 65.5 Å². The number of amides is 1. The summed E-state index contributed by atoms with van der Waals surface area (Å²) in [5, 5.41) is -0.258. The molecule has 0 fully saturated rings. The van der Waals surface area contributed by atoms with Crippen molar-refractivity contribution in [2.24, 2.45) is 4.99 Å². The van der Waals surface area contributed by atoms with Crippen LogP contribution >= 0.6 is 23.4 Å². The number of fused-ring (bicyclic) bond motifs is 1. The average Bonchev–Trinajstić information content (AvgIpc) is 3.17. The highest BCUT2D eigenvalue weighted by atomic mass is 35.5. The number of carbonyl (C=O) groups excluding carboxylic acids is 1. The van der Waals surface area contributed by atoms with E-state index in [1.54, 1.807) is 30.7 Å². The van der Waals surface area contributed by atoms with Crippen LogP contribution in [-0.4, -0.2) is 27.7 Å². The summed E-state index contributed by atoms with van der Waals surface area (Å²) < 4.78 is 42.8. The van der Waals surface area contributed by atoms with Gasteiger partial charge in [-0.1, -0.05) is 29.4 Å². The summed E-state index contributed by atoms with van der Waals surface area (Å²) in [7, 11) is 0. The number of nitrogens with one attached hydrogen (secondary N) is 1. The normalized spacial score (nSPS) is 18.0. The van der Waals surface area contributed by atoms with Crippen LogP contribution in [-0.2, 0) is 11.3 Å². The molecule has 3 aromatic rings. The van der Waals surface area contributed by atoms with Gasteiger partial charge in [0.15, 0.2) is 17.5 Å². The minimum atomic E-state index is -1.30. The van der Waals surface area contributed by atoms with E-state index in [0.29, 0.717) is 10.7 Å². The molecule has 0 bridgehead atoms. The number of nitrogens with zero attached hydrogens (tertiary/aromatic N) is 2. The molecule has 0 saturated heterocycles. The van der Waals surface area contributed by atoms with Crippen molar-refractivity contribution in [3.63, 3.8) is 0 Å². The lowest BCUT2D eigenvalue weighted by Gasteiger charge is -2.27. The van der Waals surface area contributed by atoms with Gasteiger partial charge in [0.1, 0.15) is 5.25 Å². The monoisotopic (exact) mass is 465 g/mol. The Labute approximate surface area is 183 Å². The van der Waals surface area contributed by atoms with Gasteiger partial charge in [0.05, 0.1) is 23.6 Å². The second-order valence-electron chi connectivity index (χ2n) is 6.99. The molecular formula is C21H15ClF3N3O2S. The molecule has 2 aromatic carbocycles. The fourth-order valence-electron chi connectivity index (χ4n) is 3.41. The molecule has 1 aliphatic rings.